The van der Waals surface area contributed by atoms with Crippen LogP contribution in [-0.4, -0.2) is 108 Å². The fourth-order valence-electron chi connectivity index (χ4n) is 6.81. The second-order valence-electron chi connectivity index (χ2n) is 15.5. The van der Waals surface area contributed by atoms with E-state index in [1.165, 1.54) is 9.13 Å². The lowest BCUT2D eigenvalue weighted by molar-refractivity contribution is -0.157. The van der Waals surface area contributed by atoms with Crippen LogP contribution in [0.4, 0.5) is 4.79 Å². The van der Waals surface area contributed by atoms with Crippen molar-refractivity contribution >= 4 is 37.0 Å². The van der Waals surface area contributed by atoms with Crippen LogP contribution in [0.5, 0.6) is 5.75 Å². The number of likely N-dealkylation sites (tertiary alicyclic amines) is 3. The summed E-state index contributed by atoms with van der Waals surface area (Å²) in [5.41, 5.74) is 0.493. The van der Waals surface area contributed by atoms with Gasteiger partial charge in [0.05, 0.1) is 5.52 Å². The lowest BCUT2D eigenvalue weighted by Gasteiger charge is -2.54. The third kappa shape index (κ3) is 7.52. The van der Waals surface area contributed by atoms with E-state index in [-0.39, 0.29) is 42.7 Å². The Labute approximate surface area is 272 Å². The second kappa shape index (κ2) is 13.2. The molecule has 13 heteroatoms. The smallest absolute Gasteiger partial charge is 0.410 e. The molecule has 0 saturated carbocycles. The molecule has 46 heavy (non-hydrogen) atoms. The van der Waals surface area contributed by atoms with Gasteiger partial charge in [0, 0.05) is 59.7 Å². The van der Waals surface area contributed by atoms with E-state index in [2.05, 4.69) is 24.5 Å². The normalized spacial score (nSPS) is 20.8. The molecule has 2 aromatic rings. The lowest BCUT2D eigenvalue weighted by Crippen LogP contribution is -2.64. The van der Waals surface area contributed by atoms with Gasteiger partial charge in [0.15, 0.2) is 0 Å². The third-order valence-electron chi connectivity index (χ3n) is 9.19. The number of amides is 3. The number of benzene rings is 1. The Balaban J connectivity index is 1.22. The molecule has 0 N–H and O–H groups in total. The van der Waals surface area contributed by atoms with E-state index < -0.39 is 25.6 Å². The molecule has 3 aliphatic rings. The van der Waals surface area contributed by atoms with Crippen LogP contribution in [0.1, 0.15) is 52.5 Å². The zero-order valence-electron chi connectivity index (χ0n) is 28.6. The van der Waals surface area contributed by atoms with Crippen LogP contribution in [0.2, 0.25) is 25.7 Å². The molecule has 1 atom stereocenters. The number of imide groups is 1. The Morgan fingerprint density at radius 2 is 1.80 bits per heavy atom. The van der Waals surface area contributed by atoms with E-state index >= 15 is 0 Å². The Morgan fingerprint density at radius 1 is 1.07 bits per heavy atom. The average molecular weight is 658 g/mol. The van der Waals surface area contributed by atoms with Crippen LogP contribution >= 0.6 is 0 Å². The maximum atomic E-state index is 13.6. The number of imidazole rings is 1. The van der Waals surface area contributed by atoms with Crippen molar-refractivity contribution < 1.29 is 28.6 Å². The van der Waals surface area contributed by atoms with Gasteiger partial charge in [-0.25, -0.2) is 9.59 Å². The number of rotatable bonds is 10. The minimum absolute atomic E-state index is 0.0939. The van der Waals surface area contributed by atoms with E-state index in [0.717, 1.165) is 43.4 Å². The molecule has 254 valence electrons. The van der Waals surface area contributed by atoms with Gasteiger partial charge >= 0.3 is 11.8 Å². The van der Waals surface area contributed by atoms with Crippen molar-refractivity contribution in [2.75, 3.05) is 52.7 Å². The highest BCUT2D eigenvalue weighted by atomic mass is 28.3. The molecule has 0 aliphatic carbocycles. The zero-order chi connectivity index (χ0) is 33.4. The lowest BCUT2D eigenvalue weighted by atomic mass is 9.73. The highest BCUT2D eigenvalue weighted by Gasteiger charge is 2.48. The standard InChI is InChI=1S/C33H51N5O7Si/c1-32(2,3)45-31(42)36-21-33(22-36)14-9-15-35(20-33)16-17-44-26-11-8-10-24-28(26)34(4)30(41)38(24)25-12-13-27(39)37(29(25)40)23-43-18-19-46(5,6)7/h8,10-11,25H,9,12-23H2,1-7H3. The van der Waals surface area contributed by atoms with Gasteiger partial charge in [0.1, 0.15) is 36.2 Å². The predicted octanol–water partition coefficient (Wildman–Crippen LogP) is 4.05. The Bertz CT molecular complexity index is 1520. The fourth-order valence-corrected chi connectivity index (χ4v) is 7.57. The maximum Gasteiger partial charge on any atom is 0.410 e. The summed E-state index contributed by atoms with van der Waals surface area (Å²) >= 11 is 0. The molecule has 1 aromatic carbocycles. The van der Waals surface area contributed by atoms with Gasteiger partial charge in [0.2, 0.25) is 5.91 Å². The van der Waals surface area contributed by atoms with E-state index in [1.54, 1.807) is 11.9 Å². The molecule has 3 fully saturated rings. The number of nitrogens with zero attached hydrogens (tertiary/aromatic N) is 5. The van der Waals surface area contributed by atoms with Crippen LogP contribution in [0.3, 0.4) is 0 Å². The summed E-state index contributed by atoms with van der Waals surface area (Å²) in [5, 5.41) is 0. The van der Waals surface area contributed by atoms with Crippen molar-refractivity contribution in [3.63, 3.8) is 0 Å². The number of carbonyl (C=O) groups excluding carboxylic acids is 3. The molecule has 3 amide bonds. The minimum Gasteiger partial charge on any atom is -0.490 e. The minimum atomic E-state index is -1.32. The Kier molecular flexibility index (Phi) is 9.77. The van der Waals surface area contributed by atoms with E-state index in [9.17, 15) is 19.2 Å². The molecule has 4 heterocycles. The van der Waals surface area contributed by atoms with Gasteiger partial charge in [-0.2, -0.15) is 0 Å². The number of hydrogen-bond acceptors (Lipinski definition) is 8. The predicted molar refractivity (Wildman–Crippen MR) is 178 cm³/mol. The molecule has 3 saturated heterocycles. The molecular formula is C33H51N5O7Si. The van der Waals surface area contributed by atoms with Crippen LogP contribution in [-0.2, 0) is 26.1 Å². The van der Waals surface area contributed by atoms with Crippen molar-refractivity contribution in [2.24, 2.45) is 12.5 Å². The van der Waals surface area contributed by atoms with Gasteiger partial charge in [-0.1, -0.05) is 25.7 Å². The number of piperidine rings is 2. The van der Waals surface area contributed by atoms with Gasteiger partial charge in [-0.15, -0.1) is 0 Å². The number of ether oxygens (including phenoxy) is 3. The fraction of sp³-hybridized carbons (Fsp3) is 0.697. The number of para-hydroxylation sites is 1. The molecule has 1 spiro atoms. The van der Waals surface area contributed by atoms with E-state index in [1.807, 2.05) is 39.0 Å². The first-order valence-corrected chi connectivity index (χ1v) is 20.2. The molecular weight excluding hydrogens is 606 g/mol. The largest absolute Gasteiger partial charge is 0.490 e. The highest BCUT2D eigenvalue weighted by Crippen LogP contribution is 2.39. The average Bonchev–Trinajstić information content (AvgIpc) is 3.20. The summed E-state index contributed by atoms with van der Waals surface area (Å²) in [4.78, 5) is 57.6. The summed E-state index contributed by atoms with van der Waals surface area (Å²) in [6.07, 6.45) is 2.33. The first kappa shape index (κ1) is 34.2. The number of aryl methyl sites for hydroxylation is 1. The summed E-state index contributed by atoms with van der Waals surface area (Å²) in [6.45, 7) is 17.2. The van der Waals surface area contributed by atoms with Crippen LogP contribution in [0.25, 0.3) is 11.0 Å². The summed E-state index contributed by atoms with van der Waals surface area (Å²) < 4.78 is 20.6. The Hall–Kier alpha value is -3.16. The number of carbonyl (C=O) groups is 3. The molecule has 0 bridgehead atoms. The molecule has 12 nitrogen and oxygen atoms in total. The number of aromatic nitrogens is 2. The van der Waals surface area contributed by atoms with Crippen molar-refractivity contribution in [2.45, 2.75) is 83.8 Å². The zero-order valence-corrected chi connectivity index (χ0v) is 29.6. The van der Waals surface area contributed by atoms with Crippen molar-refractivity contribution in [3.8, 4) is 5.75 Å². The van der Waals surface area contributed by atoms with Crippen molar-refractivity contribution in [3.05, 3.63) is 28.7 Å². The van der Waals surface area contributed by atoms with Gasteiger partial charge in [-0.05, 0) is 64.8 Å². The molecule has 1 unspecified atom stereocenters. The van der Waals surface area contributed by atoms with Gasteiger partial charge in [-0.3, -0.25) is 28.5 Å². The molecule has 1 aromatic heterocycles. The Morgan fingerprint density at radius 3 is 2.50 bits per heavy atom. The summed E-state index contributed by atoms with van der Waals surface area (Å²) in [6, 6.07) is 5.64. The van der Waals surface area contributed by atoms with Gasteiger partial charge in [0.25, 0.3) is 5.91 Å². The van der Waals surface area contributed by atoms with Crippen molar-refractivity contribution in [1.29, 1.82) is 0 Å². The first-order chi connectivity index (χ1) is 21.6. The van der Waals surface area contributed by atoms with Gasteiger partial charge < -0.3 is 19.1 Å². The number of hydrogen-bond donors (Lipinski definition) is 0. The van der Waals surface area contributed by atoms with Crippen LogP contribution in [0, 0.1) is 5.41 Å². The topological polar surface area (TPSA) is 116 Å². The maximum absolute atomic E-state index is 13.6. The summed E-state index contributed by atoms with van der Waals surface area (Å²) in [7, 11) is 0.369. The van der Waals surface area contributed by atoms with E-state index in [0.29, 0.717) is 43.1 Å². The van der Waals surface area contributed by atoms with E-state index in [4.69, 9.17) is 14.2 Å². The number of fused-ring (bicyclic) bond motifs is 1. The van der Waals surface area contributed by atoms with Crippen molar-refractivity contribution in [1.82, 2.24) is 23.8 Å². The first-order valence-electron chi connectivity index (χ1n) is 16.5. The molecule has 3 aliphatic heterocycles. The third-order valence-corrected chi connectivity index (χ3v) is 10.9. The molecule has 5 rings (SSSR count). The van der Waals surface area contributed by atoms with Crippen LogP contribution in [0.15, 0.2) is 23.0 Å². The molecule has 0 radical (unpaired) electrons. The SMILES string of the molecule is Cn1c(=O)n(C2CCC(=O)N(COCC[Si](C)(C)C)C2=O)c2cccc(OCCN3CCCC4(C3)CN(C(=O)OC(C)(C)C)C4)c21. The highest BCUT2D eigenvalue weighted by molar-refractivity contribution is 6.76. The monoisotopic (exact) mass is 657 g/mol. The summed E-state index contributed by atoms with van der Waals surface area (Å²) in [5.74, 6) is -0.107. The van der Waals surface area contributed by atoms with Crippen LogP contribution < -0.4 is 10.4 Å². The quantitative estimate of drug-likeness (QED) is 0.214. The second-order valence-corrected chi connectivity index (χ2v) is 21.1.